The topological polar surface area (TPSA) is 62.1 Å². The molecule has 6 nitrogen and oxygen atoms in total. The summed E-state index contributed by atoms with van der Waals surface area (Å²) in [5.41, 5.74) is 5.65. The number of nitrogens with zero attached hydrogens (tertiary/aromatic N) is 5. The molecule has 0 aliphatic carbocycles. The number of hydrogen-bond acceptors (Lipinski definition) is 4. The zero-order valence-electron chi connectivity index (χ0n) is 14.0. The molecule has 124 valence electrons. The molecule has 0 saturated carbocycles. The fourth-order valence-corrected chi connectivity index (χ4v) is 3.41. The molecule has 25 heavy (non-hydrogen) atoms. The molecule has 0 saturated heterocycles. The largest absolute Gasteiger partial charge is 0.346 e. The number of aromatic amines is 1. The zero-order valence-corrected chi connectivity index (χ0v) is 14.0. The Labute approximate surface area is 144 Å². The van der Waals surface area contributed by atoms with E-state index in [1.807, 2.05) is 29.2 Å². The Morgan fingerprint density at radius 3 is 2.92 bits per heavy atom. The predicted octanol–water partition coefficient (Wildman–Crippen LogP) is 2.99. The van der Waals surface area contributed by atoms with E-state index in [4.69, 9.17) is 0 Å². The van der Waals surface area contributed by atoms with E-state index < -0.39 is 0 Å². The van der Waals surface area contributed by atoms with Gasteiger partial charge in [-0.3, -0.25) is 4.40 Å². The number of H-pyrrole nitrogens is 1. The average molecular weight is 330 g/mol. The van der Waals surface area contributed by atoms with Gasteiger partial charge in [-0.1, -0.05) is 6.08 Å². The lowest BCUT2D eigenvalue weighted by atomic mass is 9.99. The third-order valence-electron chi connectivity index (χ3n) is 4.87. The van der Waals surface area contributed by atoms with Crippen LogP contribution in [0.3, 0.4) is 0 Å². The molecule has 0 spiro atoms. The van der Waals surface area contributed by atoms with Crippen LogP contribution < -0.4 is 0 Å². The Balaban J connectivity index is 1.62. The van der Waals surface area contributed by atoms with Gasteiger partial charge in [0.05, 0.1) is 0 Å². The zero-order chi connectivity index (χ0) is 16.8. The fraction of sp³-hybridized carbons (Fsp3) is 0.211. The van der Waals surface area contributed by atoms with Gasteiger partial charge < -0.3 is 9.88 Å². The number of likely N-dealkylation sites (N-methyl/N-ethyl adjacent to an activating group) is 1. The van der Waals surface area contributed by atoms with E-state index in [1.54, 1.807) is 6.20 Å². The molecule has 1 aliphatic rings. The first kappa shape index (κ1) is 14.4. The highest BCUT2D eigenvalue weighted by molar-refractivity contribution is 5.95. The van der Waals surface area contributed by atoms with E-state index >= 15 is 0 Å². The second kappa shape index (κ2) is 5.53. The van der Waals surface area contributed by atoms with Crippen LogP contribution in [0.1, 0.15) is 12.0 Å². The molecule has 5 rings (SSSR count). The summed E-state index contributed by atoms with van der Waals surface area (Å²) in [6.07, 6.45) is 14.9. The molecular formula is C19H18N6. The standard InChI is InChI=1S/C19H18N6/c1-24-5-2-13(3-6-24)14-8-16-17(11-22-18(16)21-9-14)15-10-23-19-20-4-7-25(19)12-15/h2,4,7-12H,3,5-6H2,1H3,(H,21,22). The van der Waals surface area contributed by atoms with Gasteiger partial charge in [0.2, 0.25) is 5.78 Å². The average Bonchev–Trinajstić information content (AvgIpc) is 3.27. The first-order chi connectivity index (χ1) is 12.3. The molecule has 0 radical (unpaired) electrons. The van der Waals surface area contributed by atoms with E-state index in [1.165, 1.54) is 11.1 Å². The summed E-state index contributed by atoms with van der Waals surface area (Å²) in [5, 5.41) is 1.12. The molecule has 0 bridgehead atoms. The van der Waals surface area contributed by atoms with Crippen molar-refractivity contribution in [1.82, 2.24) is 29.2 Å². The third-order valence-corrected chi connectivity index (χ3v) is 4.87. The SMILES string of the molecule is CN1CC=C(c2cnc3[nH]cc(-c4cnc5nccn5c4)c3c2)CC1. The summed E-state index contributed by atoms with van der Waals surface area (Å²) in [6.45, 7) is 2.08. The van der Waals surface area contributed by atoms with Crippen molar-refractivity contribution in [3.63, 3.8) is 0 Å². The number of rotatable bonds is 2. The summed E-state index contributed by atoms with van der Waals surface area (Å²) in [5.74, 6) is 0.707. The van der Waals surface area contributed by atoms with Gasteiger partial charge in [-0.25, -0.2) is 15.0 Å². The molecule has 1 N–H and O–H groups in total. The second-order valence-electron chi connectivity index (χ2n) is 6.54. The Hall–Kier alpha value is -2.99. The Morgan fingerprint density at radius 2 is 2.04 bits per heavy atom. The molecule has 0 amide bonds. The van der Waals surface area contributed by atoms with Gasteiger partial charge in [0.1, 0.15) is 5.65 Å². The molecule has 0 fully saturated rings. The Bertz CT molecular complexity index is 1100. The molecule has 4 aromatic heterocycles. The fourth-order valence-electron chi connectivity index (χ4n) is 3.41. The lowest BCUT2D eigenvalue weighted by Gasteiger charge is -2.21. The maximum Gasteiger partial charge on any atom is 0.233 e. The van der Waals surface area contributed by atoms with Crippen molar-refractivity contribution in [2.75, 3.05) is 20.1 Å². The smallest absolute Gasteiger partial charge is 0.233 e. The van der Waals surface area contributed by atoms with E-state index in [-0.39, 0.29) is 0 Å². The summed E-state index contributed by atoms with van der Waals surface area (Å²) in [7, 11) is 2.15. The van der Waals surface area contributed by atoms with Crippen LogP contribution in [0, 0.1) is 0 Å². The number of imidazole rings is 1. The normalized spacial score (nSPS) is 15.8. The first-order valence-corrected chi connectivity index (χ1v) is 8.42. The van der Waals surface area contributed by atoms with Crippen molar-refractivity contribution >= 4 is 22.4 Å². The predicted molar refractivity (Wildman–Crippen MR) is 98.2 cm³/mol. The first-order valence-electron chi connectivity index (χ1n) is 8.42. The van der Waals surface area contributed by atoms with Crippen molar-refractivity contribution < 1.29 is 0 Å². The van der Waals surface area contributed by atoms with Gasteiger partial charge in [0.25, 0.3) is 0 Å². The molecule has 1 aliphatic heterocycles. The van der Waals surface area contributed by atoms with Crippen molar-refractivity contribution in [1.29, 1.82) is 0 Å². The second-order valence-corrected chi connectivity index (χ2v) is 6.54. The van der Waals surface area contributed by atoms with Crippen molar-refractivity contribution in [2.24, 2.45) is 0 Å². The van der Waals surface area contributed by atoms with Gasteiger partial charge >= 0.3 is 0 Å². The Kier molecular flexibility index (Phi) is 3.18. The van der Waals surface area contributed by atoms with Crippen molar-refractivity contribution in [3.8, 4) is 11.1 Å². The number of nitrogens with one attached hydrogen (secondary N) is 1. The Morgan fingerprint density at radius 1 is 1.12 bits per heavy atom. The van der Waals surface area contributed by atoms with Gasteiger partial charge in [0, 0.05) is 66.8 Å². The molecule has 0 aromatic carbocycles. The minimum atomic E-state index is 0.707. The number of pyridine rings is 1. The lowest BCUT2D eigenvalue weighted by molar-refractivity contribution is 0.370. The molecule has 0 atom stereocenters. The van der Waals surface area contributed by atoms with Crippen LogP contribution in [0.4, 0.5) is 0 Å². The van der Waals surface area contributed by atoms with Crippen LogP contribution in [0.5, 0.6) is 0 Å². The maximum atomic E-state index is 4.62. The number of hydrogen-bond donors (Lipinski definition) is 1. The minimum Gasteiger partial charge on any atom is -0.346 e. The highest BCUT2D eigenvalue weighted by atomic mass is 15.1. The quantitative estimate of drug-likeness (QED) is 0.614. The van der Waals surface area contributed by atoms with Gasteiger partial charge in [0.15, 0.2) is 0 Å². The van der Waals surface area contributed by atoms with Crippen LogP contribution in [-0.2, 0) is 0 Å². The highest BCUT2D eigenvalue weighted by Gasteiger charge is 2.13. The maximum absolute atomic E-state index is 4.62. The summed E-state index contributed by atoms with van der Waals surface area (Å²) < 4.78 is 1.94. The third kappa shape index (κ3) is 2.42. The molecule has 5 heterocycles. The lowest BCUT2D eigenvalue weighted by Crippen LogP contribution is -2.23. The van der Waals surface area contributed by atoms with Gasteiger partial charge in [-0.05, 0) is 30.7 Å². The minimum absolute atomic E-state index is 0.707. The van der Waals surface area contributed by atoms with E-state index in [0.29, 0.717) is 5.78 Å². The molecular weight excluding hydrogens is 312 g/mol. The summed E-state index contributed by atoms with van der Waals surface area (Å²) in [4.78, 5) is 18.9. The van der Waals surface area contributed by atoms with Crippen molar-refractivity contribution in [2.45, 2.75) is 6.42 Å². The van der Waals surface area contributed by atoms with E-state index in [2.05, 4.69) is 50.2 Å². The molecule has 4 aromatic rings. The molecule has 0 unspecified atom stereocenters. The summed E-state index contributed by atoms with van der Waals surface area (Å²) >= 11 is 0. The molecule has 6 heteroatoms. The van der Waals surface area contributed by atoms with Crippen LogP contribution in [0.15, 0.2) is 49.3 Å². The van der Waals surface area contributed by atoms with Gasteiger partial charge in [-0.15, -0.1) is 0 Å². The van der Waals surface area contributed by atoms with E-state index in [9.17, 15) is 0 Å². The van der Waals surface area contributed by atoms with E-state index in [0.717, 1.165) is 41.7 Å². The highest BCUT2D eigenvalue weighted by Crippen LogP contribution is 2.30. The van der Waals surface area contributed by atoms with Crippen LogP contribution >= 0.6 is 0 Å². The van der Waals surface area contributed by atoms with Gasteiger partial charge in [-0.2, -0.15) is 0 Å². The van der Waals surface area contributed by atoms with Crippen LogP contribution in [-0.4, -0.2) is 49.4 Å². The number of fused-ring (bicyclic) bond motifs is 2. The monoisotopic (exact) mass is 330 g/mol. The summed E-state index contributed by atoms with van der Waals surface area (Å²) in [6, 6.07) is 2.24. The number of aromatic nitrogens is 5. The van der Waals surface area contributed by atoms with Crippen LogP contribution in [0.2, 0.25) is 0 Å². The van der Waals surface area contributed by atoms with Crippen molar-refractivity contribution in [3.05, 3.63) is 54.9 Å². The van der Waals surface area contributed by atoms with Crippen LogP contribution in [0.25, 0.3) is 33.5 Å².